The van der Waals surface area contributed by atoms with Crippen molar-refractivity contribution in [3.05, 3.63) is 114 Å². The van der Waals surface area contributed by atoms with E-state index in [-0.39, 0.29) is 0 Å². The molecule has 0 aliphatic heterocycles. The summed E-state index contributed by atoms with van der Waals surface area (Å²) in [6.07, 6.45) is 17.2. The molecule has 0 fully saturated rings. The third-order valence-electron chi connectivity index (χ3n) is 6.29. The van der Waals surface area contributed by atoms with E-state index in [4.69, 9.17) is 0 Å². The van der Waals surface area contributed by atoms with Crippen LogP contribution in [-0.4, -0.2) is 29.2 Å². The van der Waals surface area contributed by atoms with Gasteiger partial charge in [-0.05, 0) is 66.4 Å². The van der Waals surface area contributed by atoms with Crippen LogP contribution in [0.1, 0.15) is 36.1 Å². The van der Waals surface area contributed by atoms with Crippen molar-refractivity contribution in [2.75, 3.05) is 35.2 Å². The van der Waals surface area contributed by atoms with E-state index in [1.54, 1.807) is 0 Å². The first-order chi connectivity index (χ1) is 19.2. The number of anilines is 2. The average Bonchev–Trinajstić information content (AvgIpc) is 3.46. The largest absolute Gasteiger partial charge is 0.384 e. The van der Waals surface area contributed by atoms with E-state index in [2.05, 4.69) is 149 Å². The third-order valence-corrected chi connectivity index (χ3v) is 8.70. The van der Waals surface area contributed by atoms with Gasteiger partial charge in [0.25, 0.3) is 0 Å². The van der Waals surface area contributed by atoms with E-state index in [0.29, 0.717) is 0 Å². The Labute approximate surface area is 241 Å². The van der Waals surface area contributed by atoms with Crippen LogP contribution in [0.15, 0.2) is 91.5 Å². The predicted molar refractivity (Wildman–Crippen MR) is 175 cm³/mol. The van der Waals surface area contributed by atoms with Gasteiger partial charge in [0.2, 0.25) is 0 Å². The monoisotopic (exact) mass is 555 g/mol. The molecule has 2 heterocycles. The fourth-order valence-electron chi connectivity index (χ4n) is 3.95. The normalized spacial score (nSPS) is 11.4. The standard InChI is InChI=1S/C33H38N4S2/c1-3-36-22-17-30(18-23-36)6-5-28-9-13-32(14-10-28)34-20-25-38-39-26-21-35-33-15-11-29(12-16-33)7-8-31-19-24-37(4-2)27-31/h5-19,22-24,27,35H,3-4,20-21,25-26H2,1-2H3/p+1/b8-7+. The van der Waals surface area contributed by atoms with Gasteiger partial charge in [0.05, 0.1) is 0 Å². The highest BCUT2D eigenvalue weighted by Crippen LogP contribution is 2.21. The van der Waals surface area contributed by atoms with Crippen LogP contribution in [0.4, 0.5) is 11.4 Å². The van der Waals surface area contributed by atoms with Gasteiger partial charge in [0, 0.05) is 67.0 Å². The Bertz CT molecular complexity index is 1310. The Morgan fingerprint density at radius 2 is 1.13 bits per heavy atom. The van der Waals surface area contributed by atoms with Crippen LogP contribution in [0.5, 0.6) is 0 Å². The molecule has 202 valence electrons. The number of pyridine rings is 1. The second-order valence-corrected chi connectivity index (χ2v) is 11.8. The Morgan fingerprint density at radius 1 is 0.641 bits per heavy atom. The van der Waals surface area contributed by atoms with Crippen molar-refractivity contribution in [3.63, 3.8) is 0 Å². The molecular formula is C33H39N4S2+. The summed E-state index contributed by atoms with van der Waals surface area (Å²) in [7, 11) is 3.84. The first-order valence-corrected chi connectivity index (χ1v) is 16.1. The van der Waals surface area contributed by atoms with Crippen LogP contribution >= 0.6 is 21.6 Å². The Kier molecular flexibility index (Phi) is 11.7. The number of nitrogens with zero attached hydrogens (tertiary/aromatic N) is 2. The molecule has 0 bridgehead atoms. The van der Waals surface area contributed by atoms with Gasteiger partial charge >= 0.3 is 0 Å². The quantitative estimate of drug-likeness (QED) is 0.0883. The van der Waals surface area contributed by atoms with E-state index in [1.165, 1.54) is 33.6 Å². The molecular weight excluding hydrogens is 517 g/mol. The number of benzene rings is 2. The molecule has 2 aromatic carbocycles. The second-order valence-electron chi connectivity index (χ2n) is 9.15. The van der Waals surface area contributed by atoms with Gasteiger partial charge in [-0.15, -0.1) is 0 Å². The van der Waals surface area contributed by atoms with Crippen LogP contribution in [0.25, 0.3) is 24.3 Å². The van der Waals surface area contributed by atoms with Crippen molar-refractivity contribution in [1.29, 1.82) is 0 Å². The van der Waals surface area contributed by atoms with Gasteiger partial charge in [-0.1, -0.05) is 70.2 Å². The maximum absolute atomic E-state index is 3.52. The highest BCUT2D eigenvalue weighted by molar-refractivity contribution is 8.76. The zero-order valence-corrected chi connectivity index (χ0v) is 24.6. The SMILES string of the molecule is CCn1ccc(/C=C/c2ccc(NCCSSCCNc3ccc(/C=C/c4cc[n+](CC)cc4)cc3)cc2)c1. The van der Waals surface area contributed by atoms with Gasteiger partial charge in [-0.2, -0.15) is 0 Å². The highest BCUT2D eigenvalue weighted by atomic mass is 33.1. The molecule has 4 aromatic rings. The molecule has 0 radical (unpaired) electrons. The van der Waals surface area contributed by atoms with E-state index in [9.17, 15) is 0 Å². The lowest BCUT2D eigenvalue weighted by Gasteiger charge is -2.08. The molecule has 0 aliphatic rings. The van der Waals surface area contributed by atoms with E-state index in [0.717, 1.165) is 37.7 Å². The minimum absolute atomic E-state index is 0.958. The van der Waals surface area contributed by atoms with Crippen molar-refractivity contribution in [2.45, 2.75) is 26.9 Å². The van der Waals surface area contributed by atoms with Crippen molar-refractivity contribution in [2.24, 2.45) is 0 Å². The smallest absolute Gasteiger partial charge is 0.169 e. The van der Waals surface area contributed by atoms with Gasteiger partial charge < -0.3 is 15.2 Å². The van der Waals surface area contributed by atoms with Crippen LogP contribution in [0.2, 0.25) is 0 Å². The molecule has 0 amide bonds. The van der Waals surface area contributed by atoms with E-state index < -0.39 is 0 Å². The molecule has 2 N–H and O–H groups in total. The highest BCUT2D eigenvalue weighted by Gasteiger charge is 1.98. The number of rotatable bonds is 15. The number of hydrogen-bond donors (Lipinski definition) is 2. The van der Waals surface area contributed by atoms with Gasteiger partial charge in [-0.3, -0.25) is 0 Å². The molecule has 39 heavy (non-hydrogen) atoms. The minimum Gasteiger partial charge on any atom is -0.384 e. The predicted octanol–water partition coefficient (Wildman–Crippen LogP) is 8.06. The van der Waals surface area contributed by atoms with Gasteiger partial charge in [-0.25, -0.2) is 4.57 Å². The van der Waals surface area contributed by atoms with Crippen LogP contribution in [0, 0.1) is 0 Å². The number of hydrogen-bond acceptors (Lipinski definition) is 4. The fraction of sp³-hybridized carbons (Fsp3) is 0.242. The molecule has 4 nitrogen and oxygen atoms in total. The second kappa shape index (κ2) is 15.9. The molecule has 0 unspecified atom stereocenters. The molecule has 4 rings (SSSR count). The summed E-state index contributed by atoms with van der Waals surface area (Å²) >= 11 is 0. The molecule has 0 saturated heterocycles. The fourth-order valence-corrected chi connectivity index (χ4v) is 5.76. The first kappa shape index (κ1) is 28.7. The topological polar surface area (TPSA) is 32.9 Å². The average molecular weight is 556 g/mol. The van der Waals surface area contributed by atoms with Gasteiger partial charge in [0.1, 0.15) is 6.54 Å². The summed E-state index contributed by atoms with van der Waals surface area (Å²) in [6, 6.07) is 23.7. The molecule has 2 aromatic heterocycles. The Morgan fingerprint density at radius 3 is 1.59 bits per heavy atom. The van der Waals surface area contributed by atoms with Crippen LogP contribution < -0.4 is 15.2 Å². The molecule has 0 aliphatic carbocycles. The molecule has 0 spiro atoms. The Balaban J connectivity index is 1.06. The summed E-state index contributed by atoms with van der Waals surface area (Å²) in [5.41, 5.74) is 7.21. The van der Waals surface area contributed by atoms with Crippen molar-refractivity contribution < 1.29 is 4.57 Å². The van der Waals surface area contributed by atoms with E-state index >= 15 is 0 Å². The third kappa shape index (κ3) is 10.0. The molecule has 0 atom stereocenters. The summed E-state index contributed by atoms with van der Waals surface area (Å²) in [5.74, 6) is 2.14. The maximum atomic E-state index is 3.52. The van der Waals surface area contributed by atoms with Crippen molar-refractivity contribution in [3.8, 4) is 0 Å². The van der Waals surface area contributed by atoms with E-state index in [1.807, 2.05) is 21.6 Å². The summed E-state index contributed by atoms with van der Waals surface area (Å²) in [6.45, 7) is 8.22. The Hall–Kier alpha value is -3.35. The number of aromatic nitrogens is 2. The lowest BCUT2D eigenvalue weighted by atomic mass is 10.1. The number of aryl methyl sites for hydroxylation is 2. The van der Waals surface area contributed by atoms with Crippen LogP contribution in [-0.2, 0) is 13.1 Å². The first-order valence-electron chi connectivity index (χ1n) is 13.6. The summed E-state index contributed by atoms with van der Waals surface area (Å²) in [4.78, 5) is 0. The lowest BCUT2D eigenvalue weighted by Crippen LogP contribution is -2.30. The lowest BCUT2D eigenvalue weighted by molar-refractivity contribution is -0.693. The van der Waals surface area contributed by atoms with Crippen LogP contribution in [0.3, 0.4) is 0 Å². The minimum atomic E-state index is 0.958. The maximum Gasteiger partial charge on any atom is 0.169 e. The number of nitrogens with one attached hydrogen (secondary N) is 2. The summed E-state index contributed by atoms with van der Waals surface area (Å²) in [5, 5.41) is 7.04. The zero-order valence-electron chi connectivity index (χ0n) is 22.9. The van der Waals surface area contributed by atoms with Crippen molar-refractivity contribution >= 4 is 57.3 Å². The zero-order chi connectivity index (χ0) is 27.1. The van der Waals surface area contributed by atoms with Gasteiger partial charge in [0.15, 0.2) is 12.4 Å². The molecule has 6 heteroatoms. The summed E-state index contributed by atoms with van der Waals surface area (Å²) < 4.78 is 4.35. The van der Waals surface area contributed by atoms with Crippen molar-refractivity contribution in [1.82, 2.24) is 4.57 Å². The molecule has 0 saturated carbocycles.